The summed E-state index contributed by atoms with van der Waals surface area (Å²) in [5.74, 6) is 0. The fraction of sp³-hybridized carbons (Fsp3) is 0.222. The van der Waals surface area contributed by atoms with Crippen LogP contribution in [0.15, 0.2) is 42.5 Å². The van der Waals surface area contributed by atoms with Gasteiger partial charge < -0.3 is 10.2 Å². The largest absolute Gasteiger partial charge is 0.369 e. The third-order valence-corrected chi connectivity index (χ3v) is 4.66. The van der Waals surface area contributed by atoms with E-state index < -0.39 is 0 Å². The van der Waals surface area contributed by atoms with Crippen LogP contribution in [0.5, 0.6) is 0 Å². The number of hydrogen-bond donors (Lipinski definition) is 1. The highest BCUT2D eigenvalue weighted by atomic mass is 35.5. The van der Waals surface area contributed by atoms with Crippen molar-refractivity contribution in [3.63, 3.8) is 0 Å². The van der Waals surface area contributed by atoms with E-state index in [2.05, 4.69) is 44.5 Å². The van der Waals surface area contributed by atoms with Crippen LogP contribution in [0.2, 0.25) is 10.3 Å². The zero-order valence-electron chi connectivity index (χ0n) is 13.0. The number of aromatic nitrogens is 2. The molecule has 0 atom stereocenters. The molecule has 1 saturated heterocycles. The van der Waals surface area contributed by atoms with Crippen LogP contribution in [0.4, 0.5) is 5.69 Å². The van der Waals surface area contributed by atoms with Crippen LogP contribution in [0.25, 0.3) is 22.2 Å². The molecule has 0 unspecified atom stereocenters. The molecule has 4 rings (SSSR count). The molecule has 2 aromatic carbocycles. The van der Waals surface area contributed by atoms with Crippen molar-refractivity contribution < 1.29 is 0 Å². The van der Waals surface area contributed by atoms with E-state index in [1.807, 2.05) is 18.2 Å². The SMILES string of the molecule is Clc1ccc2nc(Cl)nc(-c3ccc(N4CCNCC4)cc3)c2c1. The number of hydrogen-bond acceptors (Lipinski definition) is 4. The molecule has 3 aromatic rings. The van der Waals surface area contributed by atoms with Crippen LogP contribution in [0, 0.1) is 0 Å². The van der Waals surface area contributed by atoms with Gasteiger partial charge in [-0.15, -0.1) is 0 Å². The van der Waals surface area contributed by atoms with Crippen LogP contribution in [0.3, 0.4) is 0 Å². The highest BCUT2D eigenvalue weighted by Gasteiger charge is 2.13. The average molecular weight is 359 g/mol. The molecule has 24 heavy (non-hydrogen) atoms. The second kappa shape index (κ2) is 6.55. The number of rotatable bonds is 2. The summed E-state index contributed by atoms with van der Waals surface area (Å²) in [6.07, 6.45) is 0. The maximum absolute atomic E-state index is 6.14. The number of piperazine rings is 1. The van der Waals surface area contributed by atoms with Gasteiger partial charge in [0.15, 0.2) is 0 Å². The molecule has 0 radical (unpaired) electrons. The lowest BCUT2D eigenvalue weighted by Crippen LogP contribution is -2.43. The van der Waals surface area contributed by atoms with E-state index in [0.29, 0.717) is 5.02 Å². The fourth-order valence-corrected chi connectivity index (χ4v) is 3.39. The highest BCUT2D eigenvalue weighted by Crippen LogP contribution is 2.30. The summed E-state index contributed by atoms with van der Waals surface area (Å²) in [6.45, 7) is 4.09. The molecular formula is C18H16Cl2N4. The quantitative estimate of drug-likeness (QED) is 0.702. The summed E-state index contributed by atoms with van der Waals surface area (Å²) >= 11 is 12.2. The molecule has 0 saturated carbocycles. The third-order valence-electron chi connectivity index (χ3n) is 4.25. The third kappa shape index (κ3) is 3.05. The Balaban J connectivity index is 1.75. The Morgan fingerprint density at radius 1 is 0.917 bits per heavy atom. The van der Waals surface area contributed by atoms with Gasteiger partial charge in [0.2, 0.25) is 5.28 Å². The lowest BCUT2D eigenvalue weighted by molar-refractivity contribution is 0.589. The van der Waals surface area contributed by atoms with Gasteiger partial charge >= 0.3 is 0 Å². The maximum atomic E-state index is 6.14. The van der Waals surface area contributed by atoms with Crippen molar-refractivity contribution in [2.45, 2.75) is 0 Å². The van der Waals surface area contributed by atoms with Gasteiger partial charge in [-0.3, -0.25) is 0 Å². The van der Waals surface area contributed by atoms with Gasteiger partial charge in [-0.1, -0.05) is 23.7 Å². The topological polar surface area (TPSA) is 41.1 Å². The van der Waals surface area contributed by atoms with Gasteiger partial charge in [-0.05, 0) is 41.9 Å². The first kappa shape index (κ1) is 15.6. The smallest absolute Gasteiger partial charge is 0.223 e. The zero-order chi connectivity index (χ0) is 16.5. The standard InChI is InChI=1S/C18H16Cl2N4/c19-13-3-6-16-15(11-13)17(23-18(20)22-16)12-1-4-14(5-2-12)24-9-7-21-8-10-24/h1-6,11,21H,7-10H2. The monoisotopic (exact) mass is 358 g/mol. The molecule has 0 spiro atoms. The molecule has 2 heterocycles. The summed E-state index contributed by atoms with van der Waals surface area (Å²) in [4.78, 5) is 11.1. The highest BCUT2D eigenvalue weighted by molar-refractivity contribution is 6.31. The van der Waals surface area contributed by atoms with Crippen molar-refractivity contribution in [2.24, 2.45) is 0 Å². The van der Waals surface area contributed by atoms with E-state index >= 15 is 0 Å². The predicted octanol–water partition coefficient (Wildman–Crippen LogP) is 4.01. The van der Waals surface area contributed by atoms with Crippen molar-refractivity contribution in [3.8, 4) is 11.3 Å². The minimum Gasteiger partial charge on any atom is -0.369 e. The number of nitrogens with zero attached hydrogens (tertiary/aromatic N) is 3. The fourth-order valence-electron chi connectivity index (χ4n) is 3.05. The lowest BCUT2D eigenvalue weighted by atomic mass is 10.1. The second-order valence-electron chi connectivity index (χ2n) is 5.79. The van der Waals surface area contributed by atoms with E-state index in [1.165, 1.54) is 5.69 Å². The van der Waals surface area contributed by atoms with E-state index in [0.717, 1.165) is 48.3 Å². The van der Waals surface area contributed by atoms with Gasteiger partial charge in [0.25, 0.3) is 0 Å². The molecule has 0 aliphatic carbocycles. The summed E-state index contributed by atoms with van der Waals surface area (Å²) in [5.41, 5.74) is 3.83. The van der Waals surface area contributed by atoms with Crippen LogP contribution >= 0.6 is 23.2 Å². The first-order valence-electron chi connectivity index (χ1n) is 7.89. The first-order valence-corrected chi connectivity index (χ1v) is 8.65. The minimum absolute atomic E-state index is 0.242. The molecule has 6 heteroatoms. The maximum Gasteiger partial charge on any atom is 0.223 e. The van der Waals surface area contributed by atoms with E-state index in [1.54, 1.807) is 0 Å². The minimum atomic E-state index is 0.242. The van der Waals surface area contributed by atoms with Crippen LogP contribution in [0.1, 0.15) is 0 Å². The summed E-state index contributed by atoms with van der Waals surface area (Å²) in [7, 11) is 0. The number of anilines is 1. The predicted molar refractivity (Wildman–Crippen MR) is 100 cm³/mol. The average Bonchev–Trinajstić information content (AvgIpc) is 2.62. The molecule has 1 aliphatic rings. The van der Waals surface area contributed by atoms with Gasteiger partial charge in [0.05, 0.1) is 11.2 Å². The van der Waals surface area contributed by atoms with Crippen LogP contribution in [-0.4, -0.2) is 36.1 Å². The molecule has 0 amide bonds. The molecule has 1 N–H and O–H groups in total. The van der Waals surface area contributed by atoms with Gasteiger partial charge in [0, 0.05) is 47.8 Å². The molecule has 1 fully saturated rings. The van der Waals surface area contributed by atoms with Crippen LogP contribution in [-0.2, 0) is 0 Å². The number of benzene rings is 2. The molecule has 1 aliphatic heterocycles. The zero-order valence-corrected chi connectivity index (χ0v) is 14.5. The second-order valence-corrected chi connectivity index (χ2v) is 6.56. The van der Waals surface area contributed by atoms with Gasteiger partial charge in [-0.2, -0.15) is 0 Å². The van der Waals surface area contributed by atoms with Crippen molar-refractivity contribution in [1.82, 2.24) is 15.3 Å². The first-order chi connectivity index (χ1) is 11.7. The van der Waals surface area contributed by atoms with Crippen molar-refractivity contribution in [2.75, 3.05) is 31.1 Å². The van der Waals surface area contributed by atoms with E-state index in [-0.39, 0.29) is 5.28 Å². The molecular weight excluding hydrogens is 343 g/mol. The molecule has 1 aromatic heterocycles. The van der Waals surface area contributed by atoms with Crippen molar-refractivity contribution in [1.29, 1.82) is 0 Å². The van der Waals surface area contributed by atoms with Crippen molar-refractivity contribution >= 4 is 39.8 Å². The Labute approximate surface area is 150 Å². The Morgan fingerprint density at radius 2 is 1.67 bits per heavy atom. The number of halogens is 2. The van der Waals surface area contributed by atoms with Crippen LogP contribution < -0.4 is 10.2 Å². The molecule has 4 nitrogen and oxygen atoms in total. The van der Waals surface area contributed by atoms with Gasteiger partial charge in [-0.25, -0.2) is 9.97 Å². The number of nitrogens with one attached hydrogen (secondary N) is 1. The Kier molecular flexibility index (Phi) is 4.27. The normalized spacial score (nSPS) is 15.0. The van der Waals surface area contributed by atoms with Gasteiger partial charge in [0.1, 0.15) is 0 Å². The van der Waals surface area contributed by atoms with Crippen molar-refractivity contribution in [3.05, 3.63) is 52.8 Å². The Morgan fingerprint density at radius 3 is 2.42 bits per heavy atom. The molecule has 122 valence electrons. The summed E-state index contributed by atoms with van der Waals surface area (Å²) in [5, 5.41) is 5.17. The summed E-state index contributed by atoms with van der Waals surface area (Å²) < 4.78 is 0. The number of fused-ring (bicyclic) bond motifs is 1. The Hall–Kier alpha value is -1.88. The Bertz CT molecular complexity index is 874. The van der Waals surface area contributed by atoms with E-state index in [4.69, 9.17) is 23.2 Å². The molecule has 0 bridgehead atoms. The van der Waals surface area contributed by atoms with E-state index in [9.17, 15) is 0 Å². The lowest BCUT2D eigenvalue weighted by Gasteiger charge is -2.29. The summed E-state index contributed by atoms with van der Waals surface area (Å²) in [6, 6.07) is 14.0.